The van der Waals surface area contributed by atoms with Crippen molar-refractivity contribution < 1.29 is 4.16 Å². The summed E-state index contributed by atoms with van der Waals surface area (Å²) in [5.41, 5.74) is 0. The zero-order chi connectivity index (χ0) is 2.00. The summed E-state index contributed by atoms with van der Waals surface area (Å²) < 4.78 is 7.14. The van der Waals surface area contributed by atoms with Gasteiger partial charge < -0.3 is 4.16 Å². The van der Waals surface area contributed by atoms with E-state index in [1.54, 1.807) is 0 Å². The first-order valence-electron chi connectivity index (χ1n) is 0.447. The Morgan fingerprint density at radius 1 is 1.25 bits per heavy atom. The standard InChI is InChI=1S/Al.ClH.Mg.H2O.4H/h;1H;;1H2;;;;/q+1;;;;;;;/p-1. The van der Waals surface area contributed by atoms with Crippen molar-refractivity contribution in [1.82, 2.24) is 0 Å². The molecule has 0 spiro atoms. The molecule has 0 heterocycles. The molecule has 0 bridgehead atoms. The summed E-state index contributed by atoms with van der Waals surface area (Å²) in [5.74, 6) is 0. The van der Waals surface area contributed by atoms with E-state index in [-0.39, 0.29) is 35.5 Å². The highest BCUT2D eigenvalue weighted by Crippen LogP contribution is 0.690. The van der Waals surface area contributed by atoms with Crippen molar-refractivity contribution in [2.45, 2.75) is 0 Å². The van der Waals surface area contributed by atoms with Crippen LogP contribution in [0.25, 0.3) is 0 Å². The average molecular weight is 109 g/mol. The molecular weight excluding hydrogens is 103 g/mol. The molecule has 0 unspecified atom stereocenters. The van der Waals surface area contributed by atoms with Gasteiger partial charge in [0, 0.05) is 0 Å². The molecule has 0 aliphatic rings. The van der Waals surface area contributed by atoms with E-state index in [1.165, 1.54) is 0 Å². The molecule has 24 valence electrons. The Labute approximate surface area is 56.1 Å². The Kier molecular flexibility index (Phi) is 106. The highest BCUT2D eigenvalue weighted by Gasteiger charge is 1.05. The molecule has 0 aromatic heterocycles. The molecule has 4 heavy (non-hydrogen) atoms. The highest BCUT2D eigenvalue weighted by molar-refractivity contribution is 5.95. The van der Waals surface area contributed by atoms with Crippen molar-refractivity contribution in [2.24, 2.45) is 0 Å². The van der Waals surface area contributed by atoms with Gasteiger partial charge in [-0.2, -0.15) is 0 Å². The Morgan fingerprint density at radius 3 is 1.25 bits per heavy atom. The minimum Gasteiger partial charge on any atom is -0.521 e. The van der Waals surface area contributed by atoms with Crippen LogP contribution in [0.5, 0.6) is 0 Å². The van der Waals surface area contributed by atoms with E-state index in [0.717, 1.165) is 0 Å². The van der Waals surface area contributed by atoms with Crippen LogP contribution in [-0.4, -0.2) is 43.8 Å². The Morgan fingerprint density at radius 2 is 1.25 bits per heavy atom. The Balaban J connectivity index is -0.00000000500. The van der Waals surface area contributed by atoms with Gasteiger partial charge in [-0.15, -0.1) is 12.4 Å². The minimum atomic E-state index is 0. The molecule has 4 heteroatoms. The SMILES string of the molecule is Cl.[MgH2].[OH][AlH2]. The van der Waals surface area contributed by atoms with Gasteiger partial charge in [0.25, 0.3) is 0 Å². The predicted octanol–water partition coefficient (Wildman–Crippen LogP) is -1.97. The van der Waals surface area contributed by atoms with Gasteiger partial charge in [0.2, 0.25) is 0 Å². The fourth-order valence-corrected chi connectivity index (χ4v) is 0. The van der Waals surface area contributed by atoms with E-state index in [0.29, 0.717) is 16.6 Å². The van der Waals surface area contributed by atoms with Crippen molar-refractivity contribution in [3.63, 3.8) is 0 Å². The largest absolute Gasteiger partial charge is 0.521 e. The molecule has 0 amide bonds. The first-order valence-corrected chi connectivity index (χ1v) is 1.34. The number of rotatable bonds is 0. The van der Waals surface area contributed by atoms with E-state index in [4.69, 9.17) is 4.16 Å². The summed E-state index contributed by atoms with van der Waals surface area (Å²) in [4.78, 5) is 0. The summed E-state index contributed by atoms with van der Waals surface area (Å²) in [6.07, 6.45) is 0. The highest BCUT2D eigenvalue weighted by atomic mass is 35.5. The summed E-state index contributed by atoms with van der Waals surface area (Å²) in [5, 5.41) is 0. The molecule has 0 aromatic carbocycles. The van der Waals surface area contributed by atoms with Crippen LogP contribution < -0.4 is 0 Å². The van der Waals surface area contributed by atoms with Crippen molar-refractivity contribution in [1.29, 1.82) is 0 Å². The molecule has 0 aliphatic carbocycles. The van der Waals surface area contributed by atoms with Crippen LogP contribution in [0.2, 0.25) is 0 Å². The van der Waals surface area contributed by atoms with E-state index >= 15 is 0 Å². The lowest BCUT2D eigenvalue weighted by molar-refractivity contribution is 0.629. The van der Waals surface area contributed by atoms with Gasteiger partial charge >= 0.3 is 39.7 Å². The molecule has 0 rings (SSSR count). The maximum atomic E-state index is 7.14. The molecule has 1 nitrogen and oxygen atoms in total. The lowest BCUT2D eigenvalue weighted by atomic mass is 15.9. The molecule has 0 aromatic rings. The third-order valence-electron chi connectivity index (χ3n) is 0. The van der Waals surface area contributed by atoms with E-state index < -0.39 is 0 Å². The third kappa shape index (κ3) is 9.61. The van der Waals surface area contributed by atoms with Crippen LogP contribution in [0, 0.1) is 0 Å². The Hall–Kier alpha value is 1.55. The van der Waals surface area contributed by atoms with Crippen LogP contribution in [0.15, 0.2) is 0 Å². The van der Waals surface area contributed by atoms with Crippen LogP contribution in [0.1, 0.15) is 0 Å². The number of hydrogen-bond acceptors (Lipinski definition) is 1. The molecule has 0 fully saturated rings. The monoisotopic (exact) mass is 108 g/mol. The Bertz CT molecular complexity index is 8.00. The second kappa shape index (κ2) is 23.9. The van der Waals surface area contributed by atoms with Gasteiger partial charge in [-0.25, -0.2) is 0 Å². The van der Waals surface area contributed by atoms with Crippen LogP contribution >= 0.6 is 12.4 Å². The van der Waals surface area contributed by atoms with E-state index in [2.05, 4.69) is 0 Å². The summed E-state index contributed by atoms with van der Waals surface area (Å²) in [6, 6.07) is 0. The summed E-state index contributed by atoms with van der Waals surface area (Å²) in [6.45, 7) is 0. The summed E-state index contributed by atoms with van der Waals surface area (Å²) in [7, 11) is 0. The normalized spacial score (nSPS) is 1.25. The van der Waals surface area contributed by atoms with Crippen LogP contribution in [-0.2, 0) is 0 Å². The van der Waals surface area contributed by atoms with Crippen molar-refractivity contribution in [2.75, 3.05) is 0 Å². The first kappa shape index (κ1) is 17.7. The van der Waals surface area contributed by atoms with Gasteiger partial charge in [0.15, 0.2) is 0 Å². The van der Waals surface area contributed by atoms with E-state index in [9.17, 15) is 0 Å². The lowest BCUT2D eigenvalue weighted by Gasteiger charge is -1.16. The average Bonchev–Trinajstić information content (AvgIpc) is 1.00. The van der Waals surface area contributed by atoms with Crippen LogP contribution in [0.3, 0.4) is 0 Å². The summed E-state index contributed by atoms with van der Waals surface area (Å²) >= 11 is 0.306. The number of hydrogen-bond donors (Lipinski definition) is 1. The fraction of sp³-hybridized carbons (Fsp3) is 0. The molecule has 0 radical (unpaired) electrons. The molecule has 0 saturated heterocycles. The maximum Gasteiger partial charge on any atom is 0.407 e. The van der Waals surface area contributed by atoms with Crippen molar-refractivity contribution in [3.8, 4) is 0 Å². The van der Waals surface area contributed by atoms with Gasteiger partial charge in [0.1, 0.15) is 0 Å². The maximum absolute atomic E-state index is 7.14. The van der Waals surface area contributed by atoms with Crippen LogP contribution in [0.4, 0.5) is 0 Å². The molecule has 0 aliphatic heterocycles. The van der Waals surface area contributed by atoms with E-state index in [1.807, 2.05) is 0 Å². The number of halogens is 1. The minimum absolute atomic E-state index is 0. The van der Waals surface area contributed by atoms with Crippen molar-refractivity contribution >= 4 is 52.1 Å². The molecule has 0 atom stereocenters. The smallest absolute Gasteiger partial charge is 0.407 e. The quantitative estimate of drug-likeness (QED) is 0.357. The first-order chi connectivity index (χ1) is 1.00. The zero-order valence-electron chi connectivity index (χ0n) is 1.86. The lowest BCUT2D eigenvalue weighted by Crippen LogP contribution is -1.34. The second-order valence-corrected chi connectivity index (χ2v) is 0. The van der Waals surface area contributed by atoms with Gasteiger partial charge in [-0.1, -0.05) is 0 Å². The van der Waals surface area contributed by atoms with Crippen molar-refractivity contribution in [3.05, 3.63) is 0 Å². The second-order valence-electron chi connectivity index (χ2n) is 0. The molecule has 0 saturated carbocycles. The van der Waals surface area contributed by atoms with Gasteiger partial charge in [-0.3, -0.25) is 0 Å². The molecule has 1 N–H and O–H groups in total. The van der Waals surface area contributed by atoms with Gasteiger partial charge in [0.05, 0.1) is 0 Å². The zero-order valence-corrected chi connectivity index (χ0v) is 4.67. The van der Waals surface area contributed by atoms with Gasteiger partial charge in [-0.05, 0) is 0 Å². The molecular formula is H6AlClMgO. The predicted molar refractivity (Wildman–Crippen MR) is 26.6 cm³/mol. The topological polar surface area (TPSA) is 20.2 Å². The fourth-order valence-electron chi connectivity index (χ4n) is 0. The third-order valence-corrected chi connectivity index (χ3v) is 0.